The summed E-state index contributed by atoms with van der Waals surface area (Å²) in [7, 11) is 4.22. The van der Waals surface area contributed by atoms with Crippen LogP contribution in [0.1, 0.15) is 24.1 Å². The molecule has 0 aliphatic heterocycles. The fraction of sp³-hybridized carbons (Fsp3) is 0.455. The molecule has 1 rings (SSSR count). The van der Waals surface area contributed by atoms with Gasteiger partial charge in [-0.15, -0.1) is 0 Å². The zero-order valence-electron chi connectivity index (χ0n) is 8.33. The molecule has 0 aromatic heterocycles. The first kappa shape index (κ1) is 9.27. The lowest BCUT2D eigenvalue weighted by Crippen LogP contribution is -2.17. The van der Waals surface area contributed by atoms with Gasteiger partial charge in [-0.05, 0) is 39.1 Å². The third kappa shape index (κ3) is 1.86. The SMILES string of the molecule is Cc1ccccc1[C@@H](C)N(C)C. The van der Waals surface area contributed by atoms with Gasteiger partial charge in [0.1, 0.15) is 0 Å². The number of rotatable bonds is 2. The van der Waals surface area contributed by atoms with Gasteiger partial charge in [-0.25, -0.2) is 0 Å². The highest BCUT2D eigenvalue weighted by Crippen LogP contribution is 2.20. The molecule has 1 nitrogen and oxygen atoms in total. The van der Waals surface area contributed by atoms with E-state index in [4.69, 9.17) is 0 Å². The Morgan fingerprint density at radius 1 is 1.17 bits per heavy atom. The van der Waals surface area contributed by atoms with Crippen LogP contribution in [-0.4, -0.2) is 19.0 Å². The largest absolute Gasteiger partial charge is 0.303 e. The van der Waals surface area contributed by atoms with E-state index in [0.29, 0.717) is 6.04 Å². The number of aryl methyl sites for hydroxylation is 1. The average molecular weight is 163 g/mol. The van der Waals surface area contributed by atoms with Crippen LogP contribution in [0.5, 0.6) is 0 Å². The van der Waals surface area contributed by atoms with Crippen LogP contribution in [0, 0.1) is 6.92 Å². The molecular formula is C11H17N. The third-order valence-electron chi connectivity index (χ3n) is 2.41. The molecule has 1 heteroatoms. The molecule has 0 saturated carbocycles. The highest BCUT2D eigenvalue weighted by atomic mass is 15.1. The second-order valence-electron chi connectivity index (χ2n) is 3.50. The normalized spacial score (nSPS) is 13.4. The Balaban J connectivity index is 2.94. The Bertz CT molecular complexity index is 253. The summed E-state index contributed by atoms with van der Waals surface area (Å²) >= 11 is 0. The lowest BCUT2D eigenvalue weighted by molar-refractivity contribution is 0.320. The molecule has 0 fully saturated rings. The van der Waals surface area contributed by atoms with Crippen molar-refractivity contribution in [1.29, 1.82) is 0 Å². The molecule has 12 heavy (non-hydrogen) atoms. The maximum absolute atomic E-state index is 2.22. The smallest absolute Gasteiger partial charge is 0.0316 e. The van der Waals surface area contributed by atoms with E-state index in [2.05, 4.69) is 57.1 Å². The molecule has 0 radical (unpaired) electrons. The maximum atomic E-state index is 2.22. The van der Waals surface area contributed by atoms with Crippen LogP contribution in [0.15, 0.2) is 24.3 Å². The van der Waals surface area contributed by atoms with E-state index in [1.54, 1.807) is 0 Å². The summed E-state index contributed by atoms with van der Waals surface area (Å²) in [5, 5.41) is 0. The molecule has 1 atom stereocenters. The van der Waals surface area contributed by atoms with Crippen LogP contribution in [0.3, 0.4) is 0 Å². The molecule has 0 N–H and O–H groups in total. The Kier molecular flexibility index (Phi) is 2.88. The Hall–Kier alpha value is -0.820. The standard InChI is InChI=1S/C11H17N/c1-9-7-5-6-8-11(9)10(2)12(3)4/h5-8,10H,1-4H3/t10-/m1/s1. The molecule has 0 aliphatic rings. The van der Waals surface area contributed by atoms with Gasteiger partial charge in [0, 0.05) is 6.04 Å². The van der Waals surface area contributed by atoms with Crippen molar-refractivity contribution < 1.29 is 0 Å². The fourth-order valence-electron chi connectivity index (χ4n) is 1.33. The van der Waals surface area contributed by atoms with E-state index in [-0.39, 0.29) is 0 Å². The quantitative estimate of drug-likeness (QED) is 0.647. The number of benzene rings is 1. The van der Waals surface area contributed by atoms with Crippen LogP contribution in [0.2, 0.25) is 0 Å². The summed E-state index contributed by atoms with van der Waals surface area (Å²) in [5.74, 6) is 0. The van der Waals surface area contributed by atoms with E-state index in [1.807, 2.05) is 0 Å². The molecule has 0 bridgehead atoms. The van der Waals surface area contributed by atoms with E-state index in [0.717, 1.165) is 0 Å². The van der Waals surface area contributed by atoms with Crippen LogP contribution in [-0.2, 0) is 0 Å². The maximum Gasteiger partial charge on any atom is 0.0316 e. The molecular weight excluding hydrogens is 146 g/mol. The summed E-state index contributed by atoms with van der Waals surface area (Å²) in [6.45, 7) is 4.39. The van der Waals surface area contributed by atoms with Gasteiger partial charge in [0.2, 0.25) is 0 Å². The van der Waals surface area contributed by atoms with Crippen molar-refractivity contribution in [2.45, 2.75) is 19.9 Å². The second kappa shape index (κ2) is 3.72. The molecule has 0 spiro atoms. The summed E-state index contributed by atoms with van der Waals surface area (Å²) in [6, 6.07) is 9.05. The van der Waals surface area contributed by atoms with Gasteiger partial charge in [-0.2, -0.15) is 0 Å². The second-order valence-corrected chi connectivity index (χ2v) is 3.50. The van der Waals surface area contributed by atoms with Gasteiger partial charge in [0.15, 0.2) is 0 Å². The average Bonchev–Trinajstić information content (AvgIpc) is 2.04. The fourth-order valence-corrected chi connectivity index (χ4v) is 1.33. The number of hydrogen-bond acceptors (Lipinski definition) is 1. The van der Waals surface area contributed by atoms with E-state index in [9.17, 15) is 0 Å². The first-order valence-corrected chi connectivity index (χ1v) is 4.35. The molecule has 0 unspecified atom stereocenters. The topological polar surface area (TPSA) is 3.24 Å². The molecule has 0 saturated heterocycles. The van der Waals surface area contributed by atoms with Crippen LogP contribution in [0.4, 0.5) is 0 Å². The van der Waals surface area contributed by atoms with Crippen molar-refractivity contribution >= 4 is 0 Å². The minimum absolute atomic E-state index is 0.506. The van der Waals surface area contributed by atoms with Crippen LogP contribution in [0.25, 0.3) is 0 Å². The third-order valence-corrected chi connectivity index (χ3v) is 2.41. The number of hydrogen-bond donors (Lipinski definition) is 0. The summed E-state index contributed by atoms with van der Waals surface area (Å²) < 4.78 is 0. The first-order chi connectivity index (χ1) is 5.63. The minimum atomic E-state index is 0.506. The van der Waals surface area contributed by atoms with Gasteiger partial charge in [0.05, 0.1) is 0 Å². The first-order valence-electron chi connectivity index (χ1n) is 4.35. The van der Waals surface area contributed by atoms with Crippen molar-refractivity contribution in [2.75, 3.05) is 14.1 Å². The van der Waals surface area contributed by atoms with Crippen molar-refractivity contribution in [1.82, 2.24) is 4.90 Å². The Morgan fingerprint density at radius 3 is 2.25 bits per heavy atom. The molecule has 0 amide bonds. The van der Waals surface area contributed by atoms with Gasteiger partial charge >= 0.3 is 0 Å². The highest BCUT2D eigenvalue weighted by Gasteiger charge is 2.08. The predicted molar refractivity (Wildman–Crippen MR) is 53.3 cm³/mol. The Morgan fingerprint density at radius 2 is 1.75 bits per heavy atom. The summed E-state index contributed by atoms with van der Waals surface area (Å²) in [6.07, 6.45) is 0. The lowest BCUT2D eigenvalue weighted by atomic mass is 10.0. The highest BCUT2D eigenvalue weighted by molar-refractivity contribution is 5.28. The minimum Gasteiger partial charge on any atom is -0.303 e. The van der Waals surface area contributed by atoms with E-state index >= 15 is 0 Å². The molecule has 66 valence electrons. The van der Waals surface area contributed by atoms with Crippen LogP contribution >= 0.6 is 0 Å². The Labute approximate surface area is 75.0 Å². The number of nitrogens with zero attached hydrogens (tertiary/aromatic N) is 1. The lowest BCUT2D eigenvalue weighted by Gasteiger charge is -2.21. The van der Waals surface area contributed by atoms with Gasteiger partial charge in [-0.1, -0.05) is 24.3 Å². The van der Waals surface area contributed by atoms with Gasteiger partial charge < -0.3 is 4.90 Å². The van der Waals surface area contributed by atoms with Gasteiger partial charge in [0.25, 0.3) is 0 Å². The zero-order chi connectivity index (χ0) is 9.14. The van der Waals surface area contributed by atoms with Crippen molar-refractivity contribution in [3.63, 3.8) is 0 Å². The van der Waals surface area contributed by atoms with Crippen molar-refractivity contribution in [3.8, 4) is 0 Å². The summed E-state index contributed by atoms with van der Waals surface area (Å²) in [5.41, 5.74) is 2.79. The van der Waals surface area contributed by atoms with Crippen molar-refractivity contribution in [3.05, 3.63) is 35.4 Å². The predicted octanol–water partition coefficient (Wildman–Crippen LogP) is 2.62. The van der Waals surface area contributed by atoms with Crippen LogP contribution < -0.4 is 0 Å². The molecule has 1 aromatic carbocycles. The summed E-state index contributed by atoms with van der Waals surface area (Å²) in [4.78, 5) is 2.22. The monoisotopic (exact) mass is 163 g/mol. The van der Waals surface area contributed by atoms with Crippen molar-refractivity contribution in [2.24, 2.45) is 0 Å². The van der Waals surface area contributed by atoms with Gasteiger partial charge in [-0.3, -0.25) is 0 Å². The molecule has 0 aliphatic carbocycles. The van der Waals surface area contributed by atoms with E-state index < -0.39 is 0 Å². The zero-order valence-corrected chi connectivity index (χ0v) is 8.33. The molecule has 0 heterocycles. The van der Waals surface area contributed by atoms with E-state index in [1.165, 1.54) is 11.1 Å². The molecule has 1 aromatic rings.